The van der Waals surface area contributed by atoms with Gasteiger partial charge >= 0.3 is 0 Å². The second-order valence-electron chi connectivity index (χ2n) is 4.60. The first-order chi connectivity index (χ1) is 9.71. The number of hydrogen-bond donors (Lipinski definition) is 3. The van der Waals surface area contributed by atoms with Crippen molar-refractivity contribution in [3.05, 3.63) is 35.4 Å². The lowest BCUT2D eigenvalue weighted by Gasteiger charge is -2.20. The van der Waals surface area contributed by atoms with Crippen molar-refractivity contribution in [2.45, 2.75) is 13.3 Å². The third kappa shape index (κ3) is 5.69. The Morgan fingerprint density at radius 1 is 1.10 bits per heavy atom. The summed E-state index contributed by atoms with van der Waals surface area (Å²) in [5.41, 5.74) is 1.86. The van der Waals surface area contributed by atoms with Crippen LogP contribution in [0.3, 0.4) is 0 Å². The van der Waals surface area contributed by atoms with Gasteiger partial charge in [-0.05, 0) is 24.1 Å². The Morgan fingerprint density at radius 2 is 1.70 bits per heavy atom. The third-order valence-electron chi connectivity index (χ3n) is 3.17. The van der Waals surface area contributed by atoms with E-state index in [0.29, 0.717) is 31.7 Å². The Morgan fingerprint density at radius 3 is 2.20 bits per heavy atom. The lowest BCUT2D eigenvalue weighted by Crippen LogP contribution is -2.37. The molecule has 1 amide bonds. The quantitative estimate of drug-likeness (QED) is 0.607. The standard InChI is InChI=1S/C15H24N2O3/c1-2-13-3-5-14(6-4-13)15(20)16-7-8-17(9-11-18)10-12-19/h3-6,18-19H,2,7-12H2,1H3,(H,16,20). The van der Waals surface area contributed by atoms with E-state index in [0.717, 1.165) is 6.42 Å². The molecule has 1 aromatic carbocycles. The number of nitrogens with one attached hydrogen (secondary N) is 1. The fourth-order valence-corrected chi connectivity index (χ4v) is 1.94. The summed E-state index contributed by atoms with van der Waals surface area (Å²) in [5.74, 6) is -0.0967. The number of aryl methyl sites for hydroxylation is 1. The largest absolute Gasteiger partial charge is 0.395 e. The summed E-state index contributed by atoms with van der Waals surface area (Å²) in [5, 5.41) is 20.6. The lowest BCUT2D eigenvalue weighted by molar-refractivity contribution is 0.0944. The zero-order valence-corrected chi connectivity index (χ0v) is 12.0. The van der Waals surface area contributed by atoms with E-state index in [-0.39, 0.29) is 19.1 Å². The third-order valence-corrected chi connectivity index (χ3v) is 3.17. The summed E-state index contributed by atoms with van der Waals surface area (Å²) >= 11 is 0. The molecule has 0 radical (unpaired) electrons. The van der Waals surface area contributed by atoms with Crippen molar-refractivity contribution in [1.29, 1.82) is 0 Å². The molecule has 5 nitrogen and oxygen atoms in total. The molecule has 0 aliphatic rings. The smallest absolute Gasteiger partial charge is 0.251 e. The highest BCUT2D eigenvalue weighted by atomic mass is 16.3. The second kappa shape index (κ2) is 9.47. The molecular formula is C15H24N2O3. The van der Waals surface area contributed by atoms with Crippen molar-refractivity contribution in [3.63, 3.8) is 0 Å². The number of carbonyl (C=O) groups is 1. The van der Waals surface area contributed by atoms with Gasteiger partial charge in [0.25, 0.3) is 5.91 Å². The van der Waals surface area contributed by atoms with Crippen LogP contribution in [0.5, 0.6) is 0 Å². The summed E-state index contributed by atoms with van der Waals surface area (Å²) < 4.78 is 0. The van der Waals surface area contributed by atoms with E-state index < -0.39 is 0 Å². The second-order valence-corrected chi connectivity index (χ2v) is 4.60. The first-order valence-corrected chi connectivity index (χ1v) is 7.02. The van der Waals surface area contributed by atoms with Gasteiger partial charge in [0.2, 0.25) is 0 Å². The van der Waals surface area contributed by atoms with Crippen LogP contribution in [0.25, 0.3) is 0 Å². The van der Waals surface area contributed by atoms with Crippen molar-refractivity contribution in [2.75, 3.05) is 39.4 Å². The summed E-state index contributed by atoms with van der Waals surface area (Å²) in [6.45, 7) is 4.28. The van der Waals surface area contributed by atoms with Gasteiger partial charge in [0.05, 0.1) is 13.2 Å². The maximum atomic E-state index is 11.9. The van der Waals surface area contributed by atoms with Crippen LogP contribution in [-0.4, -0.2) is 60.4 Å². The van der Waals surface area contributed by atoms with Gasteiger partial charge in [0.1, 0.15) is 0 Å². The van der Waals surface area contributed by atoms with Gasteiger partial charge in [0.15, 0.2) is 0 Å². The molecule has 0 aromatic heterocycles. The van der Waals surface area contributed by atoms with Crippen LogP contribution >= 0.6 is 0 Å². The summed E-state index contributed by atoms with van der Waals surface area (Å²) in [7, 11) is 0. The van der Waals surface area contributed by atoms with E-state index >= 15 is 0 Å². The zero-order valence-electron chi connectivity index (χ0n) is 12.0. The molecule has 0 bridgehead atoms. The van der Waals surface area contributed by atoms with E-state index in [9.17, 15) is 4.79 Å². The number of benzene rings is 1. The predicted octanol–water partition coefficient (Wildman–Crippen LogP) is 0.265. The van der Waals surface area contributed by atoms with Gasteiger partial charge < -0.3 is 15.5 Å². The first-order valence-electron chi connectivity index (χ1n) is 7.02. The van der Waals surface area contributed by atoms with Crippen LogP contribution in [0, 0.1) is 0 Å². The normalized spacial score (nSPS) is 10.8. The number of carbonyl (C=O) groups excluding carboxylic acids is 1. The molecule has 1 rings (SSSR count). The first kappa shape index (κ1) is 16.6. The molecule has 0 aliphatic heterocycles. The predicted molar refractivity (Wildman–Crippen MR) is 78.8 cm³/mol. The number of aliphatic hydroxyl groups is 2. The molecule has 0 spiro atoms. The minimum absolute atomic E-state index is 0.0480. The topological polar surface area (TPSA) is 72.8 Å². The molecule has 0 heterocycles. The fourth-order valence-electron chi connectivity index (χ4n) is 1.94. The van der Waals surface area contributed by atoms with Gasteiger partial charge in [0, 0.05) is 31.7 Å². The Hall–Kier alpha value is -1.43. The maximum Gasteiger partial charge on any atom is 0.251 e. The van der Waals surface area contributed by atoms with Crippen LogP contribution in [0.4, 0.5) is 0 Å². The fraction of sp³-hybridized carbons (Fsp3) is 0.533. The van der Waals surface area contributed by atoms with Crippen LogP contribution in [-0.2, 0) is 6.42 Å². The molecular weight excluding hydrogens is 256 g/mol. The lowest BCUT2D eigenvalue weighted by atomic mass is 10.1. The number of nitrogens with zero attached hydrogens (tertiary/aromatic N) is 1. The minimum atomic E-state index is -0.0967. The molecule has 5 heteroatoms. The van der Waals surface area contributed by atoms with E-state index in [2.05, 4.69) is 12.2 Å². The average molecular weight is 280 g/mol. The highest BCUT2D eigenvalue weighted by molar-refractivity contribution is 5.94. The van der Waals surface area contributed by atoms with Gasteiger partial charge in [-0.25, -0.2) is 0 Å². The summed E-state index contributed by atoms with van der Waals surface area (Å²) in [6.07, 6.45) is 0.958. The Labute approximate surface area is 120 Å². The van der Waals surface area contributed by atoms with Crippen molar-refractivity contribution in [3.8, 4) is 0 Å². The molecule has 0 fully saturated rings. The zero-order chi connectivity index (χ0) is 14.8. The molecule has 112 valence electrons. The van der Waals surface area contributed by atoms with Crippen LogP contribution in [0.1, 0.15) is 22.8 Å². The average Bonchev–Trinajstić information content (AvgIpc) is 2.47. The van der Waals surface area contributed by atoms with Crippen LogP contribution in [0.2, 0.25) is 0 Å². The highest BCUT2D eigenvalue weighted by Gasteiger charge is 2.07. The van der Waals surface area contributed by atoms with Crippen molar-refractivity contribution >= 4 is 5.91 Å². The number of rotatable bonds is 9. The SMILES string of the molecule is CCc1ccc(C(=O)NCCN(CCO)CCO)cc1. The van der Waals surface area contributed by atoms with Gasteiger partial charge in [-0.2, -0.15) is 0 Å². The van der Waals surface area contributed by atoms with Gasteiger partial charge in [-0.1, -0.05) is 19.1 Å². The van der Waals surface area contributed by atoms with E-state index in [4.69, 9.17) is 10.2 Å². The number of amides is 1. The van der Waals surface area contributed by atoms with E-state index in [1.165, 1.54) is 5.56 Å². The van der Waals surface area contributed by atoms with E-state index in [1.807, 2.05) is 29.2 Å². The number of hydrogen-bond acceptors (Lipinski definition) is 4. The Balaban J connectivity index is 2.37. The monoisotopic (exact) mass is 280 g/mol. The molecule has 0 unspecified atom stereocenters. The number of aliphatic hydroxyl groups excluding tert-OH is 2. The van der Waals surface area contributed by atoms with Crippen molar-refractivity contribution in [1.82, 2.24) is 10.2 Å². The molecule has 1 aromatic rings. The Bertz CT molecular complexity index is 387. The van der Waals surface area contributed by atoms with Crippen LogP contribution in [0.15, 0.2) is 24.3 Å². The maximum absolute atomic E-state index is 11.9. The Kier molecular flexibility index (Phi) is 7.87. The van der Waals surface area contributed by atoms with Gasteiger partial charge in [-0.3, -0.25) is 9.69 Å². The van der Waals surface area contributed by atoms with Crippen molar-refractivity contribution in [2.24, 2.45) is 0 Å². The molecule has 20 heavy (non-hydrogen) atoms. The summed E-state index contributed by atoms with van der Waals surface area (Å²) in [6, 6.07) is 7.57. The molecule has 0 saturated heterocycles. The van der Waals surface area contributed by atoms with Crippen molar-refractivity contribution < 1.29 is 15.0 Å². The molecule has 0 atom stereocenters. The minimum Gasteiger partial charge on any atom is -0.395 e. The molecule has 0 saturated carbocycles. The molecule has 0 aliphatic carbocycles. The molecule has 3 N–H and O–H groups in total. The van der Waals surface area contributed by atoms with E-state index in [1.54, 1.807) is 0 Å². The summed E-state index contributed by atoms with van der Waals surface area (Å²) in [4.78, 5) is 13.8. The van der Waals surface area contributed by atoms with Crippen LogP contribution < -0.4 is 5.32 Å². The highest BCUT2D eigenvalue weighted by Crippen LogP contribution is 2.04. The van der Waals surface area contributed by atoms with Gasteiger partial charge in [-0.15, -0.1) is 0 Å².